The third kappa shape index (κ3) is 4.36. The third-order valence-electron chi connectivity index (χ3n) is 2.75. The van der Waals surface area contributed by atoms with E-state index in [4.69, 9.17) is 14.4 Å². The van der Waals surface area contributed by atoms with Crippen molar-refractivity contribution in [2.24, 2.45) is 5.14 Å². The van der Waals surface area contributed by atoms with Gasteiger partial charge in [-0.1, -0.05) is 0 Å². The van der Waals surface area contributed by atoms with E-state index in [1.54, 1.807) is 0 Å². The van der Waals surface area contributed by atoms with E-state index < -0.39 is 26.1 Å². The second-order valence-electron chi connectivity index (χ2n) is 4.41. The quantitative estimate of drug-likeness (QED) is 0.468. The maximum atomic E-state index is 11.9. The maximum Gasteiger partial charge on any atom is 0.343 e. The average Bonchev–Trinajstić information content (AvgIpc) is 2.46. The number of primary sulfonamides is 1. The minimum atomic E-state index is -4.33. The lowest BCUT2D eigenvalue weighted by Crippen LogP contribution is -2.13. The lowest BCUT2D eigenvalue weighted by atomic mass is 10.2. The zero-order valence-electron chi connectivity index (χ0n) is 11.4. The highest BCUT2D eigenvalue weighted by molar-refractivity contribution is 7.89. The molecule has 122 valence electrons. The predicted octanol–water partition coefficient (Wildman–Crippen LogP) is 0.800. The van der Waals surface area contributed by atoms with Crippen LogP contribution in [-0.4, -0.2) is 27.4 Å². The van der Waals surface area contributed by atoms with Crippen LogP contribution < -0.4 is 9.88 Å². The van der Waals surface area contributed by atoms with Crippen LogP contribution in [0.1, 0.15) is 10.4 Å². The summed E-state index contributed by atoms with van der Waals surface area (Å²) in [6.45, 7) is 0. The molecular weight excluding hydrogens is 346 g/mol. The molecule has 0 aliphatic heterocycles. The second kappa shape index (κ2) is 6.08. The molecule has 2 aromatic rings. The summed E-state index contributed by atoms with van der Waals surface area (Å²) in [6, 6.07) is 9.31. The molecule has 8 nitrogen and oxygen atoms in total. The first-order valence-electron chi connectivity index (χ1n) is 6.00. The number of sulfonamides is 1. The van der Waals surface area contributed by atoms with Crippen LogP contribution in [0.3, 0.4) is 0 Å². The van der Waals surface area contributed by atoms with Gasteiger partial charge in [0.15, 0.2) is 0 Å². The zero-order valence-corrected chi connectivity index (χ0v) is 13.0. The summed E-state index contributed by atoms with van der Waals surface area (Å²) >= 11 is 0. The number of benzene rings is 2. The highest BCUT2D eigenvalue weighted by Gasteiger charge is 2.13. The van der Waals surface area contributed by atoms with Crippen molar-refractivity contribution in [1.82, 2.24) is 0 Å². The molecule has 0 aliphatic rings. The molecule has 0 fully saturated rings. The summed E-state index contributed by atoms with van der Waals surface area (Å²) in [5.74, 6) is -0.719. The molecule has 0 saturated carbocycles. The van der Waals surface area contributed by atoms with E-state index in [2.05, 4.69) is 0 Å². The number of carbonyl (C=O) groups excluding carboxylic acids is 1. The molecule has 3 N–H and O–H groups in total. The van der Waals surface area contributed by atoms with E-state index in [1.165, 1.54) is 24.3 Å². The molecule has 2 aromatic carbocycles. The number of rotatable bonds is 4. The molecule has 0 aliphatic carbocycles. The van der Waals surface area contributed by atoms with Crippen molar-refractivity contribution in [2.45, 2.75) is 9.79 Å². The summed E-state index contributed by atoms with van der Waals surface area (Å²) < 4.78 is 57.8. The Hall–Kier alpha value is -2.27. The minimum Gasteiger partial charge on any atom is -0.423 e. The Bertz CT molecular complexity index is 931. The van der Waals surface area contributed by atoms with Crippen molar-refractivity contribution >= 4 is 26.1 Å². The van der Waals surface area contributed by atoms with E-state index in [0.717, 1.165) is 24.3 Å². The molecule has 0 spiro atoms. The van der Waals surface area contributed by atoms with Gasteiger partial charge in [-0.2, -0.15) is 8.42 Å². The molecule has 0 amide bonds. The van der Waals surface area contributed by atoms with E-state index in [-0.39, 0.29) is 21.1 Å². The Labute approximate surface area is 132 Å². The SMILES string of the molecule is NS(=O)(=O)c1ccc(C(=O)Oc2ccc(S(=O)(=O)O)cc2)cc1. The molecule has 10 heteroatoms. The van der Waals surface area contributed by atoms with Crippen molar-refractivity contribution < 1.29 is 30.9 Å². The van der Waals surface area contributed by atoms with E-state index in [9.17, 15) is 21.6 Å². The van der Waals surface area contributed by atoms with E-state index in [1.807, 2.05) is 0 Å². The lowest BCUT2D eigenvalue weighted by molar-refractivity contribution is 0.0734. The first-order valence-corrected chi connectivity index (χ1v) is 8.98. The molecule has 0 heterocycles. The van der Waals surface area contributed by atoms with Crippen LogP contribution >= 0.6 is 0 Å². The van der Waals surface area contributed by atoms with Crippen LogP contribution in [-0.2, 0) is 20.1 Å². The van der Waals surface area contributed by atoms with Gasteiger partial charge in [-0.25, -0.2) is 18.4 Å². The molecule has 0 unspecified atom stereocenters. The molecule has 2 rings (SSSR count). The van der Waals surface area contributed by atoms with Gasteiger partial charge in [0, 0.05) is 0 Å². The summed E-state index contributed by atoms with van der Waals surface area (Å²) in [5, 5.41) is 4.94. The van der Waals surface area contributed by atoms with Crippen LogP contribution in [0, 0.1) is 0 Å². The first-order chi connectivity index (χ1) is 10.6. The zero-order chi connectivity index (χ0) is 17.3. The number of nitrogens with two attached hydrogens (primary N) is 1. The third-order valence-corrected chi connectivity index (χ3v) is 4.55. The van der Waals surface area contributed by atoms with E-state index in [0.29, 0.717) is 0 Å². The molecule has 0 saturated heterocycles. The Kier molecular flexibility index (Phi) is 4.52. The smallest absolute Gasteiger partial charge is 0.343 e. The second-order valence-corrected chi connectivity index (χ2v) is 7.39. The van der Waals surface area contributed by atoms with Gasteiger partial charge >= 0.3 is 5.97 Å². The lowest BCUT2D eigenvalue weighted by Gasteiger charge is -2.05. The molecule has 0 atom stereocenters. The largest absolute Gasteiger partial charge is 0.423 e. The topological polar surface area (TPSA) is 141 Å². The van der Waals surface area contributed by atoms with Gasteiger partial charge in [-0.05, 0) is 48.5 Å². The summed E-state index contributed by atoms with van der Waals surface area (Å²) in [7, 11) is -8.18. The van der Waals surface area contributed by atoms with Gasteiger partial charge in [0.05, 0.1) is 15.4 Å². The van der Waals surface area contributed by atoms with Crippen LogP contribution in [0.15, 0.2) is 58.3 Å². The van der Waals surface area contributed by atoms with Crippen molar-refractivity contribution in [3.8, 4) is 5.75 Å². The minimum absolute atomic E-state index is 0.0536. The number of hydrogen-bond acceptors (Lipinski definition) is 6. The molecule has 23 heavy (non-hydrogen) atoms. The van der Waals surface area contributed by atoms with Gasteiger partial charge in [-0.3, -0.25) is 4.55 Å². The van der Waals surface area contributed by atoms with Crippen molar-refractivity contribution in [3.63, 3.8) is 0 Å². The van der Waals surface area contributed by atoms with Crippen molar-refractivity contribution in [1.29, 1.82) is 0 Å². The van der Waals surface area contributed by atoms with Crippen LogP contribution in [0.25, 0.3) is 0 Å². The molecule has 0 aromatic heterocycles. The first kappa shape index (κ1) is 17.1. The Morgan fingerprint density at radius 2 is 1.35 bits per heavy atom. The summed E-state index contributed by atoms with van der Waals surface area (Å²) in [4.78, 5) is 11.4. The fourth-order valence-electron chi connectivity index (χ4n) is 1.63. The number of esters is 1. The summed E-state index contributed by atoms with van der Waals surface area (Å²) in [6.07, 6.45) is 0. The van der Waals surface area contributed by atoms with E-state index >= 15 is 0 Å². The fraction of sp³-hybridized carbons (Fsp3) is 0. The number of carbonyl (C=O) groups is 1. The highest BCUT2D eigenvalue weighted by atomic mass is 32.2. The average molecular weight is 357 g/mol. The Morgan fingerprint density at radius 3 is 1.78 bits per heavy atom. The maximum absolute atomic E-state index is 11.9. The van der Waals surface area contributed by atoms with Gasteiger partial charge in [0.25, 0.3) is 10.1 Å². The summed E-state index contributed by atoms with van der Waals surface area (Å²) in [5.41, 5.74) is 0.0799. The number of hydrogen-bond donors (Lipinski definition) is 2. The number of ether oxygens (including phenoxy) is 1. The van der Waals surface area contributed by atoms with Gasteiger partial charge in [0.2, 0.25) is 10.0 Å². The van der Waals surface area contributed by atoms with Crippen LogP contribution in [0.4, 0.5) is 0 Å². The Morgan fingerprint density at radius 1 is 0.870 bits per heavy atom. The molecule has 0 radical (unpaired) electrons. The van der Waals surface area contributed by atoms with Gasteiger partial charge < -0.3 is 4.74 Å². The van der Waals surface area contributed by atoms with Crippen molar-refractivity contribution in [2.75, 3.05) is 0 Å². The monoisotopic (exact) mass is 357 g/mol. The van der Waals surface area contributed by atoms with Crippen LogP contribution in [0.5, 0.6) is 5.75 Å². The predicted molar refractivity (Wildman–Crippen MR) is 79.0 cm³/mol. The molecule has 0 bridgehead atoms. The van der Waals surface area contributed by atoms with Gasteiger partial charge in [-0.15, -0.1) is 0 Å². The molecular formula is C13H11NO7S2. The van der Waals surface area contributed by atoms with Crippen LogP contribution in [0.2, 0.25) is 0 Å². The fourth-order valence-corrected chi connectivity index (χ4v) is 2.62. The standard InChI is InChI=1S/C13H11NO7S2/c14-22(16,17)11-5-1-9(2-6-11)13(15)21-10-3-7-12(8-4-10)23(18,19)20/h1-8H,(H2,14,16,17)(H,18,19,20). The van der Waals surface area contributed by atoms with Crippen molar-refractivity contribution in [3.05, 3.63) is 54.1 Å². The van der Waals surface area contributed by atoms with Gasteiger partial charge in [0.1, 0.15) is 5.75 Å². The normalized spacial score (nSPS) is 11.9. The Balaban J connectivity index is 2.16. The highest BCUT2D eigenvalue weighted by Crippen LogP contribution is 2.17.